The van der Waals surface area contributed by atoms with E-state index >= 15 is 0 Å². The highest BCUT2D eigenvalue weighted by Gasteiger charge is 2.17. The Bertz CT molecular complexity index is 735. The Hall–Kier alpha value is -2.41. The molecule has 0 spiro atoms. The van der Waals surface area contributed by atoms with Crippen LogP contribution in [0.1, 0.15) is 32.5 Å². The maximum absolute atomic E-state index is 12.8. The van der Waals surface area contributed by atoms with Crippen molar-refractivity contribution in [3.05, 3.63) is 30.1 Å². The molecule has 1 aromatic carbocycles. The van der Waals surface area contributed by atoms with Crippen LogP contribution in [0.5, 0.6) is 0 Å². The number of hydrogen-bond acceptors (Lipinski definition) is 4. The summed E-state index contributed by atoms with van der Waals surface area (Å²) < 4.78 is 6.72. The van der Waals surface area contributed by atoms with E-state index in [1.165, 1.54) is 7.11 Å². The Kier molecular flexibility index (Phi) is 7.59. The standard InChI is InChI=1S/C19H28N4O3/c1-4-10-22(11-5-2)19(25)13-23-16-9-7-6-8-15(16)21-17(23)12-20-18(24)14-26-3/h6-9H,4-5,10-14H2,1-3H3,(H,20,24). The molecule has 26 heavy (non-hydrogen) atoms. The second-order valence-electron chi connectivity index (χ2n) is 6.19. The first kappa shape index (κ1) is 19.9. The lowest BCUT2D eigenvalue weighted by atomic mass is 10.3. The normalized spacial score (nSPS) is 10.9. The second-order valence-corrected chi connectivity index (χ2v) is 6.19. The number of benzene rings is 1. The Morgan fingerprint density at radius 3 is 2.54 bits per heavy atom. The fourth-order valence-electron chi connectivity index (χ4n) is 2.93. The van der Waals surface area contributed by atoms with Gasteiger partial charge >= 0.3 is 0 Å². The fourth-order valence-corrected chi connectivity index (χ4v) is 2.93. The van der Waals surface area contributed by atoms with E-state index in [9.17, 15) is 9.59 Å². The number of hydrogen-bond donors (Lipinski definition) is 1. The summed E-state index contributed by atoms with van der Waals surface area (Å²) in [6, 6.07) is 7.69. The Morgan fingerprint density at radius 2 is 1.88 bits per heavy atom. The molecule has 2 aromatic rings. The fraction of sp³-hybridized carbons (Fsp3) is 0.526. The molecule has 0 aliphatic rings. The van der Waals surface area contributed by atoms with Crippen molar-refractivity contribution in [3.8, 4) is 0 Å². The molecule has 1 heterocycles. The average Bonchev–Trinajstić information content (AvgIpc) is 2.98. The molecule has 0 saturated carbocycles. The summed E-state index contributed by atoms with van der Waals surface area (Å²) in [5, 5.41) is 2.78. The number of methoxy groups -OCH3 is 1. The number of ether oxygens (including phenoxy) is 1. The quantitative estimate of drug-likeness (QED) is 0.703. The molecule has 142 valence electrons. The molecule has 1 aromatic heterocycles. The molecule has 0 atom stereocenters. The van der Waals surface area contributed by atoms with Crippen molar-refractivity contribution in [1.82, 2.24) is 19.8 Å². The van der Waals surface area contributed by atoms with Gasteiger partial charge in [-0.1, -0.05) is 26.0 Å². The monoisotopic (exact) mass is 360 g/mol. The SMILES string of the molecule is CCCN(CCC)C(=O)Cn1c(CNC(=O)COC)nc2ccccc21. The van der Waals surface area contributed by atoms with Crippen LogP contribution >= 0.6 is 0 Å². The zero-order valence-electron chi connectivity index (χ0n) is 15.8. The van der Waals surface area contributed by atoms with E-state index < -0.39 is 0 Å². The minimum atomic E-state index is -0.212. The maximum atomic E-state index is 12.8. The third kappa shape index (κ3) is 5.05. The van der Waals surface area contributed by atoms with Crippen molar-refractivity contribution in [1.29, 1.82) is 0 Å². The summed E-state index contributed by atoms with van der Waals surface area (Å²) in [7, 11) is 1.48. The number of amides is 2. The van der Waals surface area contributed by atoms with Gasteiger partial charge in [0.1, 0.15) is 19.0 Å². The van der Waals surface area contributed by atoms with Crippen LogP contribution in [0.4, 0.5) is 0 Å². The van der Waals surface area contributed by atoms with Crippen LogP contribution in [0.3, 0.4) is 0 Å². The van der Waals surface area contributed by atoms with Crippen molar-refractivity contribution in [2.45, 2.75) is 39.8 Å². The number of para-hydroxylation sites is 2. The van der Waals surface area contributed by atoms with Gasteiger partial charge in [0.15, 0.2) is 0 Å². The number of carbonyl (C=O) groups excluding carboxylic acids is 2. The summed E-state index contributed by atoms with van der Waals surface area (Å²) in [6.45, 7) is 6.11. The maximum Gasteiger partial charge on any atom is 0.246 e. The lowest BCUT2D eigenvalue weighted by molar-refractivity contribution is -0.131. The van der Waals surface area contributed by atoms with Crippen LogP contribution in [0.25, 0.3) is 11.0 Å². The number of nitrogens with zero attached hydrogens (tertiary/aromatic N) is 3. The molecule has 2 rings (SSSR count). The first-order chi connectivity index (χ1) is 12.6. The van der Waals surface area contributed by atoms with E-state index in [1.54, 1.807) is 0 Å². The third-order valence-electron chi connectivity index (χ3n) is 4.09. The molecule has 0 unspecified atom stereocenters. The molecular weight excluding hydrogens is 332 g/mol. The lowest BCUT2D eigenvalue weighted by Gasteiger charge is -2.22. The number of aromatic nitrogens is 2. The van der Waals surface area contributed by atoms with Crippen LogP contribution in [-0.2, 0) is 27.4 Å². The molecule has 2 amide bonds. The molecule has 7 nitrogen and oxygen atoms in total. The van der Waals surface area contributed by atoms with E-state index in [1.807, 2.05) is 33.7 Å². The van der Waals surface area contributed by atoms with Gasteiger partial charge in [-0.3, -0.25) is 9.59 Å². The lowest BCUT2D eigenvalue weighted by Crippen LogP contribution is -2.36. The number of rotatable bonds is 10. The van der Waals surface area contributed by atoms with Crippen LogP contribution in [0.15, 0.2) is 24.3 Å². The second kappa shape index (κ2) is 9.91. The van der Waals surface area contributed by atoms with E-state index in [0.29, 0.717) is 5.82 Å². The minimum Gasteiger partial charge on any atom is -0.375 e. The van der Waals surface area contributed by atoms with Gasteiger partial charge in [-0.2, -0.15) is 0 Å². The number of fused-ring (bicyclic) bond motifs is 1. The number of nitrogens with one attached hydrogen (secondary N) is 1. The van der Waals surface area contributed by atoms with Gasteiger partial charge in [0.25, 0.3) is 0 Å². The van der Waals surface area contributed by atoms with E-state index in [4.69, 9.17) is 4.74 Å². The summed E-state index contributed by atoms with van der Waals surface area (Å²) in [6.07, 6.45) is 1.85. The van der Waals surface area contributed by atoms with Gasteiger partial charge in [-0.05, 0) is 25.0 Å². The van der Waals surface area contributed by atoms with Crippen LogP contribution in [0.2, 0.25) is 0 Å². The molecule has 0 bridgehead atoms. The van der Waals surface area contributed by atoms with Crippen molar-refractivity contribution in [2.75, 3.05) is 26.8 Å². The molecule has 7 heteroatoms. The highest BCUT2D eigenvalue weighted by atomic mass is 16.5. The van der Waals surface area contributed by atoms with Crippen molar-refractivity contribution in [2.24, 2.45) is 0 Å². The predicted octanol–water partition coefficient (Wildman–Crippen LogP) is 1.95. The predicted molar refractivity (Wildman–Crippen MR) is 101 cm³/mol. The van der Waals surface area contributed by atoms with Gasteiger partial charge in [-0.25, -0.2) is 4.98 Å². The Balaban J connectivity index is 2.24. The van der Waals surface area contributed by atoms with Crippen molar-refractivity contribution in [3.63, 3.8) is 0 Å². The largest absolute Gasteiger partial charge is 0.375 e. The zero-order valence-corrected chi connectivity index (χ0v) is 15.8. The summed E-state index contributed by atoms with van der Waals surface area (Å²) >= 11 is 0. The number of carbonyl (C=O) groups is 2. The van der Waals surface area contributed by atoms with Gasteiger partial charge in [-0.15, -0.1) is 0 Å². The van der Waals surface area contributed by atoms with Gasteiger partial charge in [0, 0.05) is 20.2 Å². The van der Waals surface area contributed by atoms with Gasteiger partial charge in [0.2, 0.25) is 11.8 Å². The molecule has 0 aliphatic heterocycles. The molecule has 0 saturated heterocycles. The minimum absolute atomic E-state index is 0.0000628. The van der Waals surface area contributed by atoms with Crippen LogP contribution < -0.4 is 5.32 Å². The summed E-state index contributed by atoms with van der Waals surface area (Å²) in [5.74, 6) is 0.522. The summed E-state index contributed by atoms with van der Waals surface area (Å²) in [4.78, 5) is 31.0. The van der Waals surface area contributed by atoms with Crippen LogP contribution in [-0.4, -0.2) is 53.1 Å². The van der Waals surface area contributed by atoms with E-state index in [2.05, 4.69) is 24.1 Å². The molecule has 0 aliphatic carbocycles. The average molecular weight is 360 g/mol. The molecule has 1 N–H and O–H groups in total. The number of imidazole rings is 1. The highest BCUT2D eigenvalue weighted by molar-refractivity contribution is 5.81. The Labute approximate surface area is 154 Å². The topological polar surface area (TPSA) is 76.5 Å². The molecule has 0 radical (unpaired) electrons. The smallest absolute Gasteiger partial charge is 0.246 e. The molecular formula is C19H28N4O3. The van der Waals surface area contributed by atoms with Gasteiger partial charge < -0.3 is 19.5 Å². The van der Waals surface area contributed by atoms with E-state index in [-0.39, 0.29) is 31.5 Å². The molecule has 0 fully saturated rings. The van der Waals surface area contributed by atoms with Crippen molar-refractivity contribution < 1.29 is 14.3 Å². The van der Waals surface area contributed by atoms with Crippen molar-refractivity contribution >= 4 is 22.8 Å². The third-order valence-corrected chi connectivity index (χ3v) is 4.09. The van der Waals surface area contributed by atoms with E-state index in [0.717, 1.165) is 37.0 Å². The first-order valence-electron chi connectivity index (χ1n) is 9.08. The van der Waals surface area contributed by atoms with Gasteiger partial charge in [0.05, 0.1) is 17.6 Å². The Morgan fingerprint density at radius 1 is 1.19 bits per heavy atom. The zero-order chi connectivity index (χ0) is 18.9. The summed E-state index contributed by atoms with van der Waals surface area (Å²) in [5.41, 5.74) is 1.71. The first-order valence-corrected chi connectivity index (χ1v) is 9.08. The van der Waals surface area contributed by atoms with Crippen LogP contribution in [0, 0.1) is 0 Å². The highest BCUT2D eigenvalue weighted by Crippen LogP contribution is 2.16.